The molecule has 0 spiro atoms. The van der Waals surface area contributed by atoms with Gasteiger partial charge in [0.15, 0.2) is 0 Å². The largest absolute Gasteiger partial charge is 0.497 e. The first-order chi connectivity index (χ1) is 12.5. The number of rotatable bonds is 5. The van der Waals surface area contributed by atoms with Crippen LogP contribution in [-0.2, 0) is 11.2 Å². The summed E-state index contributed by atoms with van der Waals surface area (Å²) < 4.78 is 5.42. The Kier molecular flexibility index (Phi) is 5.69. The van der Waals surface area contributed by atoms with Gasteiger partial charge >= 0.3 is 0 Å². The van der Waals surface area contributed by atoms with E-state index in [2.05, 4.69) is 42.6 Å². The minimum atomic E-state index is -0.105. The van der Waals surface area contributed by atoms with Gasteiger partial charge in [-0.15, -0.1) is 0 Å². The maximum absolute atomic E-state index is 11.2. The van der Waals surface area contributed by atoms with Crippen LogP contribution in [0.15, 0.2) is 23.3 Å². The minimum absolute atomic E-state index is 0.0591. The molecule has 1 amide bonds. The number of carbonyl (C=O) groups is 1. The Bertz CT molecular complexity index is 685. The number of ether oxygens (including phenoxy) is 1. The zero-order valence-electron chi connectivity index (χ0n) is 16.5. The zero-order valence-corrected chi connectivity index (χ0v) is 16.5. The highest BCUT2D eigenvalue weighted by molar-refractivity contribution is 5.75. The SMILES string of the molecule is CCC[C@H]1[C@@H]2CCc3cc(OC)ccc3[C@H]2CC[C@]1(C)/C=N/NC(C)=O. The number of nitrogens with one attached hydrogen (secondary N) is 1. The zero-order chi connectivity index (χ0) is 18.7. The van der Waals surface area contributed by atoms with Crippen LogP contribution in [0.25, 0.3) is 0 Å². The maximum atomic E-state index is 11.2. The lowest BCUT2D eigenvalue weighted by Gasteiger charge is -2.50. The van der Waals surface area contributed by atoms with Gasteiger partial charge in [-0.2, -0.15) is 5.10 Å². The van der Waals surface area contributed by atoms with Crippen molar-refractivity contribution in [3.8, 4) is 5.75 Å². The molecule has 3 rings (SSSR count). The molecule has 142 valence electrons. The standard InChI is InChI=1S/C22H32N2O2/c1-5-6-21-20-9-7-16-13-17(26-4)8-10-18(16)19(20)11-12-22(21,3)14-23-24-15(2)25/h8,10,13-14,19-21H,5-7,9,11-12H2,1-4H3,(H,24,25)/b23-14+/t19-,20-,21+,22-/m1/s1. The molecule has 0 saturated heterocycles. The van der Waals surface area contributed by atoms with Crippen molar-refractivity contribution in [1.29, 1.82) is 0 Å². The summed E-state index contributed by atoms with van der Waals surface area (Å²) in [6.45, 7) is 6.11. The highest BCUT2D eigenvalue weighted by Crippen LogP contribution is 2.55. The Morgan fingerprint density at radius 2 is 2.23 bits per heavy atom. The quantitative estimate of drug-likeness (QED) is 0.615. The van der Waals surface area contributed by atoms with E-state index in [0.717, 1.165) is 18.6 Å². The van der Waals surface area contributed by atoms with Gasteiger partial charge in [0.05, 0.1) is 7.11 Å². The lowest BCUT2D eigenvalue weighted by atomic mass is 9.54. The molecule has 1 fully saturated rings. The van der Waals surface area contributed by atoms with Gasteiger partial charge in [0.2, 0.25) is 5.91 Å². The number of carbonyl (C=O) groups excluding carboxylic acids is 1. The normalized spacial score (nSPS) is 30.5. The van der Waals surface area contributed by atoms with Gasteiger partial charge in [-0.25, -0.2) is 5.43 Å². The van der Waals surface area contributed by atoms with Gasteiger partial charge in [0, 0.05) is 18.6 Å². The predicted molar refractivity (Wildman–Crippen MR) is 106 cm³/mol. The lowest BCUT2D eigenvalue weighted by Crippen LogP contribution is -2.44. The van der Waals surface area contributed by atoms with E-state index in [1.165, 1.54) is 43.7 Å². The first kappa shape index (κ1) is 18.9. The van der Waals surface area contributed by atoms with Crippen LogP contribution < -0.4 is 10.2 Å². The first-order valence-electron chi connectivity index (χ1n) is 9.96. The number of hydrazone groups is 1. The Morgan fingerprint density at radius 1 is 1.42 bits per heavy atom. The third-order valence-electron chi connectivity index (χ3n) is 6.55. The molecule has 4 atom stereocenters. The van der Waals surface area contributed by atoms with Crippen molar-refractivity contribution in [3.63, 3.8) is 0 Å². The number of benzene rings is 1. The molecule has 1 saturated carbocycles. The maximum Gasteiger partial charge on any atom is 0.236 e. The number of hydrogen-bond donors (Lipinski definition) is 1. The second-order valence-corrected chi connectivity index (χ2v) is 8.24. The summed E-state index contributed by atoms with van der Waals surface area (Å²) in [4.78, 5) is 11.2. The Morgan fingerprint density at radius 3 is 2.92 bits per heavy atom. The fraction of sp³-hybridized carbons (Fsp3) is 0.636. The molecule has 1 aromatic rings. The van der Waals surface area contributed by atoms with Gasteiger partial charge in [-0.1, -0.05) is 26.3 Å². The predicted octanol–water partition coefficient (Wildman–Crippen LogP) is 4.68. The molecule has 0 unspecified atom stereocenters. The van der Waals surface area contributed by atoms with Gasteiger partial charge in [0.1, 0.15) is 5.75 Å². The van der Waals surface area contributed by atoms with Gasteiger partial charge in [-0.05, 0) is 73.1 Å². The second kappa shape index (κ2) is 7.81. The molecular formula is C22H32N2O2. The van der Waals surface area contributed by atoms with E-state index in [9.17, 15) is 4.79 Å². The van der Waals surface area contributed by atoms with E-state index in [4.69, 9.17) is 4.74 Å². The Hall–Kier alpha value is -1.84. The van der Waals surface area contributed by atoms with E-state index in [1.54, 1.807) is 7.11 Å². The molecule has 1 aromatic carbocycles. The van der Waals surface area contributed by atoms with Crippen molar-refractivity contribution < 1.29 is 9.53 Å². The smallest absolute Gasteiger partial charge is 0.236 e. The molecule has 2 aliphatic rings. The lowest BCUT2D eigenvalue weighted by molar-refractivity contribution is -0.118. The minimum Gasteiger partial charge on any atom is -0.497 e. The first-order valence-corrected chi connectivity index (χ1v) is 9.96. The van der Waals surface area contributed by atoms with E-state index in [0.29, 0.717) is 17.8 Å². The molecule has 0 radical (unpaired) electrons. The van der Waals surface area contributed by atoms with E-state index < -0.39 is 0 Å². The molecule has 1 N–H and O–H groups in total. The van der Waals surface area contributed by atoms with Crippen LogP contribution in [0, 0.1) is 17.3 Å². The van der Waals surface area contributed by atoms with Crippen LogP contribution >= 0.6 is 0 Å². The summed E-state index contributed by atoms with van der Waals surface area (Å²) >= 11 is 0. The van der Waals surface area contributed by atoms with Gasteiger partial charge in [0.25, 0.3) is 0 Å². The number of nitrogens with zero attached hydrogens (tertiary/aromatic N) is 1. The van der Waals surface area contributed by atoms with Crippen LogP contribution in [-0.4, -0.2) is 19.2 Å². The highest BCUT2D eigenvalue weighted by atomic mass is 16.5. The summed E-state index contributed by atoms with van der Waals surface area (Å²) in [6.07, 6.45) is 9.10. The number of amides is 1. The average Bonchev–Trinajstić information content (AvgIpc) is 2.63. The molecule has 0 bridgehead atoms. The van der Waals surface area contributed by atoms with Crippen molar-refractivity contribution >= 4 is 12.1 Å². The molecule has 0 heterocycles. The monoisotopic (exact) mass is 356 g/mol. The number of aryl methyl sites for hydroxylation is 1. The van der Waals surface area contributed by atoms with Crippen LogP contribution in [0.4, 0.5) is 0 Å². The number of hydrogen-bond acceptors (Lipinski definition) is 3. The number of fused-ring (bicyclic) bond motifs is 3. The molecular weight excluding hydrogens is 324 g/mol. The van der Waals surface area contributed by atoms with Crippen molar-refractivity contribution in [1.82, 2.24) is 5.43 Å². The van der Waals surface area contributed by atoms with E-state index >= 15 is 0 Å². The van der Waals surface area contributed by atoms with Crippen molar-refractivity contribution in [2.24, 2.45) is 22.4 Å². The Balaban J connectivity index is 1.87. The summed E-state index contributed by atoms with van der Waals surface area (Å²) in [5.41, 5.74) is 5.66. The summed E-state index contributed by atoms with van der Waals surface area (Å²) in [5.74, 6) is 2.81. The summed E-state index contributed by atoms with van der Waals surface area (Å²) in [7, 11) is 1.74. The van der Waals surface area contributed by atoms with Crippen molar-refractivity contribution in [2.75, 3.05) is 7.11 Å². The average molecular weight is 357 g/mol. The molecule has 4 nitrogen and oxygen atoms in total. The van der Waals surface area contributed by atoms with Gasteiger partial charge < -0.3 is 4.74 Å². The summed E-state index contributed by atoms with van der Waals surface area (Å²) in [5, 5.41) is 4.26. The van der Waals surface area contributed by atoms with Crippen LogP contribution in [0.3, 0.4) is 0 Å². The van der Waals surface area contributed by atoms with Crippen molar-refractivity contribution in [2.45, 2.75) is 65.2 Å². The number of methoxy groups -OCH3 is 1. The van der Waals surface area contributed by atoms with Crippen LogP contribution in [0.1, 0.15) is 69.9 Å². The Labute approximate surface area is 157 Å². The van der Waals surface area contributed by atoms with E-state index in [1.807, 2.05) is 6.21 Å². The van der Waals surface area contributed by atoms with Crippen molar-refractivity contribution in [3.05, 3.63) is 29.3 Å². The second-order valence-electron chi connectivity index (χ2n) is 8.24. The van der Waals surface area contributed by atoms with Crippen LogP contribution in [0.5, 0.6) is 5.75 Å². The summed E-state index contributed by atoms with van der Waals surface area (Å²) in [6, 6.07) is 6.64. The molecule has 2 aliphatic carbocycles. The van der Waals surface area contributed by atoms with Gasteiger partial charge in [-0.3, -0.25) is 4.79 Å². The third-order valence-corrected chi connectivity index (χ3v) is 6.55. The fourth-order valence-corrected chi connectivity index (χ4v) is 5.32. The van der Waals surface area contributed by atoms with E-state index in [-0.39, 0.29) is 11.3 Å². The third kappa shape index (κ3) is 3.65. The molecule has 0 aliphatic heterocycles. The van der Waals surface area contributed by atoms with Crippen LogP contribution in [0.2, 0.25) is 0 Å². The highest BCUT2D eigenvalue weighted by Gasteiger charge is 2.47. The topological polar surface area (TPSA) is 50.7 Å². The fourth-order valence-electron chi connectivity index (χ4n) is 5.32. The molecule has 26 heavy (non-hydrogen) atoms. The molecule has 0 aromatic heterocycles. The molecule has 4 heteroatoms.